The average molecular weight is 355 g/mol. The summed E-state index contributed by atoms with van der Waals surface area (Å²) in [5.41, 5.74) is 3.37. The molecule has 0 aliphatic rings. The van der Waals surface area contributed by atoms with E-state index in [4.69, 9.17) is 9.47 Å². The van der Waals surface area contributed by atoms with Crippen molar-refractivity contribution in [2.24, 2.45) is 0 Å². The van der Waals surface area contributed by atoms with E-state index in [2.05, 4.69) is 25.2 Å². The fourth-order valence-electron chi connectivity index (χ4n) is 2.66. The minimum atomic E-state index is -0.557. The quantitative estimate of drug-likeness (QED) is 0.715. The molecule has 0 fully saturated rings. The SMILES string of the molecule is Cc1cccc(O[C@@H](C)C(=O)NCCOc2ccccc2C(C)C)c1C. The standard InChI is InChI=1S/C22H29NO3/c1-15(2)19-10-6-7-11-21(19)25-14-13-23-22(24)18(5)26-20-12-8-9-16(3)17(20)4/h6-12,15,18H,13-14H2,1-5H3,(H,23,24)/t18-/m0/s1. The summed E-state index contributed by atoms with van der Waals surface area (Å²) in [6, 6.07) is 13.8. The Morgan fingerprint density at radius 1 is 1.00 bits per heavy atom. The lowest BCUT2D eigenvalue weighted by Gasteiger charge is -2.18. The summed E-state index contributed by atoms with van der Waals surface area (Å²) < 4.78 is 11.6. The van der Waals surface area contributed by atoms with E-state index in [0.717, 1.165) is 22.6 Å². The number of benzene rings is 2. The summed E-state index contributed by atoms with van der Waals surface area (Å²) in [6.45, 7) is 10.9. The maximum atomic E-state index is 12.2. The zero-order valence-corrected chi connectivity index (χ0v) is 16.3. The average Bonchev–Trinajstić information content (AvgIpc) is 2.62. The molecule has 0 aliphatic carbocycles. The topological polar surface area (TPSA) is 47.6 Å². The molecule has 140 valence electrons. The van der Waals surface area contributed by atoms with E-state index >= 15 is 0 Å². The number of hydrogen-bond donors (Lipinski definition) is 1. The number of aryl methyl sites for hydroxylation is 1. The number of carbonyl (C=O) groups is 1. The Balaban J connectivity index is 1.81. The van der Waals surface area contributed by atoms with Crippen LogP contribution in [0.3, 0.4) is 0 Å². The van der Waals surface area contributed by atoms with E-state index in [0.29, 0.717) is 19.1 Å². The Hall–Kier alpha value is -2.49. The third-order valence-electron chi connectivity index (χ3n) is 4.43. The normalized spacial score (nSPS) is 11.9. The van der Waals surface area contributed by atoms with Gasteiger partial charge in [-0.3, -0.25) is 4.79 Å². The van der Waals surface area contributed by atoms with Gasteiger partial charge in [0.15, 0.2) is 6.10 Å². The summed E-state index contributed by atoms with van der Waals surface area (Å²) in [5.74, 6) is 1.87. The zero-order valence-electron chi connectivity index (χ0n) is 16.3. The molecule has 0 radical (unpaired) electrons. The molecule has 1 amide bonds. The highest BCUT2D eigenvalue weighted by Gasteiger charge is 2.15. The molecule has 2 aromatic rings. The molecular weight excluding hydrogens is 326 g/mol. The lowest BCUT2D eigenvalue weighted by atomic mass is 10.0. The van der Waals surface area contributed by atoms with Crippen LogP contribution >= 0.6 is 0 Å². The van der Waals surface area contributed by atoms with Gasteiger partial charge in [0.05, 0.1) is 6.54 Å². The Morgan fingerprint density at radius 2 is 1.69 bits per heavy atom. The third kappa shape index (κ3) is 5.25. The molecule has 0 bridgehead atoms. The van der Waals surface area contributed by atoms with Crippen LogP contribution in [-0.4, -0.2) is 25.2 Å². The van der Waals surface area contributed by atoms with Crippen LogP contribution in [0.15, 0.2) is 42.5 Å². The maximum absolute atomic E-state index is 12.2. The lowest BCUT2D eigenvalue weighted by Crippen LogP contribution is -2.38. The number of carbonyl (C=O) groups excluding carboxylic acids is 1. The first-order valence-electron chi connectivity index (χ1n) is 9.12. The van der Waals surface area contributed by atoms with Crippen LogP contribution in [0, 0.1) is 13.8 Å². The van der Waals surface area contributed by atoms with E-state index in [1.807, 2.05) is 50.2 Å². The molecule has 1 N–H and O–H groups in total. The fraction of sp³-hybridized carbons (Fsp3) is 0.409. The molecule has 0 saturated heterocycles. The van der Waals surface area contributed by atoms with Crippen LogP contribution in [-0.2, 0) is 4.79 Å². The van der Waals surface area contributed by atoms with Crippen LogP contribution in [0.5, 0.6) is 11.5 Å². The first-order valence-corrected chi connectivity index (χ1v) is 9.12. The van der Waals surface area contributed by atoms with Gasteiger partial charge >= 0.3 is 0 Å². The second kappa shape index (κ2) is 9.27. The summed E-state index contributed by atoms with van der Waals surface area (Å²) in [4.78, 5) is 12.2. The molecule has 0 heterocycles. The lowest BCUT2D eigenvalue weighted by molar-refractivity contribution is -0.127. The van der Waals surface area contributed by atoms with Crippen molar-refractivity contribution in [1.82, 2.24) is 5.32 Å². The van der Waals surface area contributed by atoms with Crippen LogP contribution in [0.1, 0.15) is 43.4 Å². The van der Waals surface area contributed by atoms with Gasteiger partial charge < -0.3 is 14.8 Å². The van der Waals surface area contributed by atoms with Gasteiger partial charge in [-0.1, -0.05) is 44.2 Å². The smallest absolute Gasteiger partial charge is 0.260 e. The van der Waals surface area contributed by atoms with Crippen LogP contribution in [0.25, 0.3) is 0 Å². The summed E-state index contributed by atoms with van der Waals surface area (Å²) >= 11 is 0. The highest BCUT2D eigenvalue weighted by Crippen LogP contribution is 2.25. The van der Waals surface area contributed by atoms with E-state index in [-0.39, 0.29) is 5.91 Å². The van der Waals surface area contributed by atoms with Gasteiger partial charge in [-0.25, -0.2) is 0 Å². The number of para-hydroxylation sites is 1. The van der Waals surface area contributed by atoms with E-state index < -0.39 is 6.10 Å². The Labute approximate surface area is 156 Å². The van der Waals surface area contributed by atoms with E-state index in [1.54, 1.807) is 6.92 Å². The number of nitrogens with one attached hydrogen (secondary N) is 1. The van der Waals surface area contributed by atoms with Crippen LogP contribution in [0.4, 0.5) is 0 Å². The maximum Gasteiger partial charge on any atom is 0.260 e. The first kappa shape index (κ1) is 19.8. The third-order valence-corrected chi connectivity index (χ3v) is 4.43. The monoisotopic (exact) mass is 355 g/mol. The van der Waals surface area contributed by atoms with Gasteiger partial charge in [0.25, 0.3) is 5.91 Å². The van der Waals surface area contributed by atoms with Crippen molar-refractivity contribution in [1.29, 1.82) is 0 Å². The highest BCUT2D eigenvalue weighted by atomic mass is 16.5. The molecule has 4 heteroatoms. The molecule has 1 atom stereocenters. The second-order valence-electron chi connectivity index (χ2n) is 6.79. The minimum Gasteiger partial charge on any atom is -0.491 e. The zero-order chi connectivity index (χ0) is 19.1. The number of ether oxygens (including phenoxy) is 2. The fourth-order valence-corrected chi connectivity index (χ4v) is 2.66. The van der Waals surface area contributed by atoms with E-state index in [9.17, 15) is 4.79 Å². The van der Waals surface area contributed by atoms with E-state index in [1.165, 1.54) is 5.56 Å². The van der Waals surface area contributed by atoms with Gasteiger partial charge in [0.1, 0.15) is 18.1 Å². The van der Waals surface area contributed by atoms with Gasteiger partial charge in [-0.2, -0.15) is 0 Å². The number of amides is 1. The van der Waals surface area contributed by atoms with Crippen molar-refractivity contribution < 1.29 is 14.3 Å². The number of hydrogen-bond acceptors (Lipinski definition) is 3. The molecule has 2 aromatic carbocycles. The summed E-state index contributed by atoms with van der Waals surface area (Å²) in [7, 11) is 0. The molecule has 0 aromatic heterocycles. The predicted octanol–water partition coefficient (Wildman–Crippen LogP) is 4.39. The van der Waals surface area contributed by atoms with Crippen molar-refractivity contribution in [3.05, 3.63) is 59.2 Å². The van der Waals surface area contributed by atoms with Gasteiger partial charge in [-0.05, 0) is 55.5 Å². The molecule has 0 unspecified atom stereocenters. The van der Waals surface area contributed by atoms with Crippen molar-refractivity contribution in [2.75, 3.05) is 13.2 Å². The van der Waals surface area contributed by atoms with Crippen molar-refractivity contribution in [3.8, 4) is 11.5 Å². The Kier molecular flexibility index (Phi) is 7.07. The number of rotatable bonds is 8. The Bertz CT molecular complexity index is 740. The van der Waals surface area contributed by atoms with Crippen molar-refractivity contribution in [2.45, 2.75) is 46.6 Å². The highest BCUT2D eigenvalue weighted by molar-refractivity contribution is 5.80. The second-order valence-corrected chi connectivity index (χ2v) is 6.79. The largest absolute Gasteiger partial charge is 0.491 e. The minimum absolute atomic E-state index is 0.147. The summed E-state index contributed by atoms with van der Waals surface area (Å²) in [5, 5.41) is 2.87. The van der Waals surface area contributed by atoms with Crippen LogP contribution in [0.2, 0.25) is 0 Å². The molecule has 0 saturated carbocycles. The molecular formula is C22H29NO3. The Morgan fingerprint density at radius 3 is 2.42 bits per heavy atom. The molecule has 0 spiro atoms. The van der Waals surface area contributed by atoms with Crippen molar-refractivity contribution >= 4 is 5.91 Å². The molecule has 26 heavy (non-hydrogen) atoms. The van der Waals surface area contributed by atoms with Gasteiger partial charge in [-0.15, -0.1) is 0 Å². The molecule has 0 aliphatic heterocycles. The van der Waals surface area contributed by atoms with Crippen molar-refractivity contribution in [3.63, 3.8) is 0 Å². The molecule has 4 nitrogen and oxygen atoms in total. The first-order chi connectivity index (χ1) is 12.4. The molecule has 2 rings (SSSR count). The van der Waals surface area contributed by atoms with Gasteiger partial charge in [0.2, 0.25) is 0 Å². The van der Waals surface area contributed by atoms with Crippen LogP contribution < -0.4 is 14.8 Å². The summed E-state index contributed by atoms with van der Waals surface area (Å²) in [6.07, 6.45) is -0.557. The van der Waals surface area contributed by atoms with Gasteiger partial charge in [0, 0.05) is 0 Å². The predicted molar refractivity (Wildman–Crippen MR) is 105 cm³/mol.